The number of carbonyl (C=O) groups is 3. The molecule has 0 bridgehead atoms. The number of hydrogen-bond donors (Lipinski definition) is 1. The molecular weight excluding hydrogens is 477 g/mol. The second-order valence-electron chi connectivity index (χ2n) is 7.98. The maximum atomic E-state index is 13.7. The molecule has 1 saturated heterocycles. The quantitative estimate of drug-likeness (QED) is 0.412. The zero-order chi connectivity index (χ0) is 23.2. The Morgan fingerprint density at radius 2 is 1.81 bits per heavy atom. The Balaban J connectivity index is 1.62. The highest BCUT2D eigenvalue weighted by atomic mass is 79.9. The van der Waals surface area contributed by atoms with E-state index in [2.05, 4.69) is 21.2 Å². The van der Waals surface area contributed by atoms with Gasteiger partial charge < -0.3 is 9.88 Å². The van der Waals surface area contributed by atoms with Crippen LogP contribution in [0.4, 0.5) is 9.18 Å². The Morgan fingerprint density at radius 1 is 1.09 bits per heavy atom. The third-order valence-electron chi connectivity index (χ3n) is 5.78. The van der Waals surface area contributed by atoms with Gasteiger partial charge in [-0.15, -0.1) is 0 Å². The maximum Gasteiger partial charge on any atom is 0.325 e. The van der Waals surface area contributed by atoms with Gasteiger partial charge in [-0.1, -0.05) is 34.1 Å². The van der Waals surface area contributed by atoms with Crippen molar-refractivity contribution in [2.45, 2.75) is 26.3 Å². The van der Waals surface area contributed by atoms with E-state index < -0.39 is 17.5 Å². The molecule has 3 amide bonds. The SMILES string of the molecule is Cc1cc(C(=O)CN2C(=O)NC(C)(c3cccc(Br)c3)C2=O)c(C)n1-c1cccc(F)c1. The molecule has 2 heterocycles. The summed E-state index contributed by atoms with van der Waals surface area (Å²) in [6.45, 7) is 4.80. The van der Waals surface area contributed by atoms with Crippen molar-refractivity contribution in [3.05, 3.63) is 87.4 Å². The molecular formula is C24H21BrFN3O3. The predicted octanol–water partition coefficient (Wildman–Crippen LogP) is 4.65. The van der Waals surface area contributed by atoms with Crippen molar-refractivity contribution in [3.63, 3.8) is 0 Å². The van der Waals surface area contributed by atoms with E-state index >= 15 is 0 Å². The van der Waals surface area contributed by atoms with Crippen molar-refractivity contribution in [2.24, 2.45) is 0 Å². The lowest BCUT2D eigenvalue weighted by Gasteiger charge is -2.22. The molecule has 0 spiro atoms. The average Bonchev–Trinajstić information content (AvgIpc) is 3.15. The molecule has 1 fully saturated rings. The van der Waals surface area contributed by atoms with Gasteiger partial charge in [-0.25, -0.2) is 9.18 Å². The number of carbonyl (C=O) groups excluding carboxylic acids is 3. The zero-order valence-electron chi connectivity index (χ0n) is 17.8. The molecule has 4 rings (SSSR count). The molecule has 6 nitrogen and oxygen atoms in total. The van der Waals surface area contributed by atoms with E-state index in [1.165, 1.54) is 12.1 Å². The molecule has 0 aliphatic carbocycles. The van der Waals surface area contributed by atoms with Gasteiger partial charge in [-0.05, 0) is 62.7 Å². The topological polar surface area (TPSA) is 71.4 Å². The van der Waals surface area contributed by atoms with Gasteiger partial charge in [0.2, 0.25) is 0 Å². The fourth-order valence-corrected chi connectivity index (χ4v) is 4.52. The number of hydrogen-bond acceptors (Lipinski definition) is 3. The molecule has 1 atom stereocenters. The van der Waals surface area contributed by atoms with Crippen molar-refractivity contribution in [1.29, 1.82) is 0 Å². The second-order valence-corrected chi connectivity index (χ2v) is 8.90. The summed E-state index contributed by atoms with van der Waals surface area (Å²) in [5.41, 5.74) is 1.68. The van der Waals surface area contributed by atoms with Gasteiger partial charge in [0.05, 0.1) is 6.54 Å². The number of rotatable bonds is 5. The third kappa shape index (κ3) is 3.64. The van der Waals surface area contributed by atoms with Gasteiger partial charge in [-0.3, -0.25) is 14.5 Å². The molecule has 0 saturated carbocycles. The molecule has 1 unspecified atom stereocenters. The number of nitrogens with zero attached hydrogens (tertiary/aromatic N) is 2. The van der Waals surface area contributed by atoms with Crippen molar-refractivity contribution < 1.29 is 18.8 Å². The highest BCUT2D eigenvalue weighted by Crippen LogP contribution is 2.31. The van der Waals surface area contributed by atoms with E-state index in [1.54, 1.807) is 54.8 Å². The summed E-state index contributed by atoms with van der Waals surface area (Å²) in [6.07, 6.45) is 0. The normalized spacial score (nSPS) is 18.2. The molecule has 1 aliphatic rings. The Bertz CT molecular complexity index is 1270. The number of amides is 3. The van der Waals surface area contributed by atoms with E-state index in [0.717, 1.165) is 15.1 Å². The summed E-state index contributed by atoms with van der Waals surface area (Å²) in [7, 11) is 0. The highest BCUT2D eigenvalue weighted by Gasteiger charge is 2.49. The maximum absolute atomic E-state index is 13.7. The molecule has 1 N–H and O–H groups in total. The van der Waals surface area contributed by atoms with Crippen LogP contribution in [0.3, 0.4) is 0 Å². The molecule has 1 aliphatic heterocycles. The fourth-order valence-electron chi connectivity index (χ4n) is 4.12. The third-order valence-corrected chi connectivity index (χ3v) is 6.27. The number of nitrogens with one attached hydrogen (secondary N) is 1. The first kappa shape index (κ1) is 22.0. The Kier molecular flexibility index (Phi) is 5.50. The smallest absolute Gasteiger partial charge is 0.319 e. The standard InChI is InChI=1S/C24H21BrFN3O3/c1-14-10-20(15(2)29(14)19-9-5-8-18(26)12-19)21(30)13-28-22(31)24(3,27-23(28)32)16-6-4-7-17(25)11-16/h4-12H,13H2,1-3H3,(H,27,32). The van der Waals surface area contributed by atoms with Gasteiger partial charge >= 0.3 is 6.03 Å². The average molecular weight is 498 g/mol. The van der Waals surface area contributed by atoms with Crippen molar-refractivity contribution in [1.82, 2.24) is 14.8 Å². The summed E-state index contributed by atoms with van der Waals surface area (Å²) in [5, 5.41) is 2.71. The Labute approximate surface area is 193 Å². The minimum Gasteiger partial charge on any atom is -0.319 e. The molecule has 2 aromatic carbocycles. The van der Waals surface area contributed by atoms with Gasteiger partial charge in [0.25, 0.3) is 5.91 Å². The molecule has 164 valence electrons. The van der Waals surface area contributed by atoms with Crippen LogP contribution in [0.2, 0.25) is 0 Å². The van der Waals surface area contributed by atoms with Crippen LogP contribution in [0, 0.1) is 19.7 Å². The first-order chi connectivity index (χ1) is 15.1. The zero-order valence-corrected chi connectivity index (χ0v) is 19.4. The van der Waals surface area contributed by atoms with Crippen LogP contribution in [-0.4, -0.2) is 33.7 Å². The fraction of sp³-hybridized carbons (Fsp3) is 0.208. The molecule has 0 radical (unpaired) electrons. The number of Topliss-reactive ketones (excluding diaryl/α,β-unsaturated/α-hetero) is 1. The van der Waals surface area contributed by atoms with Crippen LogP contribution in [0.15, 0.2) is 59.1 Å². The van der Waals surface area contributed by atoms with Crippen molar-refractivity contribution in [3.8, 4) is 5.69 Å². The number of urea groups is 1. The van der Waals surface area contributed by atoms with Crippen LogP contribution < -0.4 is 5.32 Å². The Hall–Kier alpha value is -3.26. The molecule has 1 aromatic heterocycles. The number of aromatic nitrogens is 1. The number of ketones is 1. The van der Waals surface area contributed by atoms with Gasteiger partial charge in [-0.2, -0.15) is 0 Å². The lowest BCUT2D eigenvalue weighted by Crippen LogP contribution is -2.41. The van der Waals surface area contributed by atoms with Crippen LogP contribution in [0.25, 0.3) is 5.69 Å². The Morgan fingerprint density at radius 3 is 2.50 bits per heavy atom. The number of imide groups is 1. The van der Waals surface area contributed by atoms with E-state index in [-0.39, 0.29) is 18.1 Å². The van der Waals surface area contributed by atoms with Crippen LogP contribution >= 0.6 is 15.9 Å². The molecule has 3 aromatic rings. The van der Waals surface area contributed by atoms with Crippen LogP contribution in [0.5, 0.6) is 0 Å². The number of aryl methyl sites for hydroxylation is 1. The molecule has 8 heteroatoms. The largest absolute Gasteiger partial charge is 0.325 e. The van der Waals surface area contributed by atoms with Crippen LogP contribution in [0.1, 0.15) is 34.2 Å². The minimum absolute atomic E-state index is 0.372. The van der Waals surface area contributed by atoms with E-state index in [0.29, 0.717) is 22.5 Å². The summed E-state index contributed by atoms with van der Waals surface area (Å²) < 4.78 is 16.3. The summed E-state index contributed by atoms with van der Waals surface area (Å²) in [4.78, 5) is 39.8. The first-order valence-electron chi connectivity index (χ1n) is 10.00. The predicted molar refractivity (Wildman–Crippen MR) is 121 cm³/mol. The summed E-state index contributed by atoms with van der Waals surface area (Å²) in [5.74, 6) is -1.25. The summed E-state index contributed by atoms with van der Waals surface area (Å²) in [6, 6.07) is 14.3. The monoisotopic (exact) mass is 497 g/mol. The van der Waals surface area contributed by atoms with E-state index in [9.17, 15) is 18.8 Å². The number of halogens is 2. The van der Waals surface area contributed by atoms with Crippen molar-refractivity contribution in [2.75, 3.05) is 6.54 Å². The van der Waals surface area contributed by atoms with Gasteiger partial charge in [0.15, 0.2) is 5.78 Å². The van der Waals surface area contributed by atoms with Crippen LogP contribution in [-0.2, 0) is 10.3 Å². The minimum atomic E-state index is -1.26. The number of benzene rings is 2. The highest BCUT2D eigenvalue weighted by molar-refractivity contribution is 9.10. The summed E-state index contributed by atoms with van der Waals surface area (Å²) >= 11 is 3.38. The van der Waals surface area contributed by atoms with Gasteiger partial charge in [0, 0.05) is 27.1 Å². The lowest BCUT2D eigenvalue weighted by molar-refractivity contribution is -0.130. The lowest BCUT2D eigenvalue weighted by atomic mass is 9.92. The second kappa shape index (κ2) is 8.02. The first-order valence-corrected chi connectivity index (χ1v) is 10.8. The van der Waals surface area contributed by atoms with E-state index in [4.69, 9.17) is 0 Å². The van der Waals surface area contributed by atoms with Crippen molar-refractivity contribution >= 4 is 33.7 Å². The van der Waals surface area contributed by atoms with Gasteiger partial charge in [0.1, 0.15) is 11.4 Å². The molecule has 32 heavy (non-hydrogen) atoms. The van der Waals surface area contributed by atoms with E-state index in [1.807, 2.05) is 13.0 Å².